The van der Waals surface area contributed by atoms with Gasteiger partial charge in [0.15, 0.2) is 0 Å². The van der Waals surface area contributed by atoms with Crippen LogP contribution in [0.2, 0.25) is 0 Å². The van der Waals surface area contributed by atoms with Gasteiger partial charge in [0, 0.05) is 48.6 Å². The molecule has 67 heavy (non-hydrogen) atoms. The molecule has 0 atom stereocenters. The second kappa shape index (κ2) is 14.0. The van der Waals surface area contributed by atoms with Crippen molar-refractivity contribution < 1.29 is 0 Å². The predicted molar refractivity (Wildman–Crippen MR) is 293 cm³/mol. The predicted octanol–water partition coefficient (Wildman–Crippen LogP) is 16.0. The molecule has 1 aromatic heterocycles. The Hall–Kier alpha value is -5.58. The number of nitrogens with zero attached hydrogens (tertiary/aromatic N) is 2. The lowest BCUT2D eigenvalue weighted by Crippen LogP contribution is -2.61. The van der Waals surface area contributed by atoms with Gasteiger partial charge in [0.25, 0.3) is 6.71 Å². The summed E-state index contributed by atoms with van der Waals surface area (Å²) >= 11 is 1.94. The Morgan fingerprint density at radius 3 is 1.78 bits per heavy atom. The van der Waals surface area contributed by atoms with Gasteiger partial charge in [-0.1, -0.05) is 149 Å². The summed E-state index contributed by atoms with van der Waals surface area (Å²) in [5.74, 6) is 0. The van der Waals surface area contributed by atoms with Gasteiger partial charge in [-0.2, -0.15) is 0 Å². The average molecular weight is 893 g/mol. The highest BCUT2D eigenvalue weighted by molar-refractivity contribution is 7.26. The summed E-state index contributed by atoms with van der Waals surface area (Å²) in [5, 5.41) is 2.72. The Kier molecular flexibility index (Phi) is 8.94. The molecule has 2 nitrogen and oxygen atoms in total. The molecule has 4 heteroatoms. The fourth-order valence-electron chi connectivity index (χ4n) is 13.3. The van der Waals surface area contributed by atoms with Crippen molar-refractivity contribution in [3.05, 3.63) is 160 Å². The lowest BCUT2D eigenvalue weighted by atomic mass is 9.33. The van der Waals surface area contributed by atoms with Gasteiger partial charge in [-0.15, -0.1) is 11.3 Å². The number of fused-ring (bicyclic) bond motifs is 10. The van der Waals surface area contributed by atoms with Crippen LogP contribution in [0.25, 0.3) is 31.3 Å². The first-order chi connectivity index (χ1) is 31.6. The molecule has 0 spiro atoms. The number of hydrogen-bond acceptors (Lipinski definition) is 3. The van der Waals surface area contributed by atoms with Crippen LogP contribution in [0.15, 0.2) is 121 Å². The van der Waals surface area contributed by atoms with Crippen LogP contribution in [0.4, 0.5) is 34.1 Å². The summed E-state index contributed by atoms with van der Waals surface area (Å²) in [6, 6.07) is 48.1. The fourth-order valence-corrected chi connectivity index (χ4v) is 14.4. The molecule has 0 saturated heterocycles. The smallest absolute Gasteiger partial charge is 0.252 e. The van der Waals surface area contributed by atoms with Crippen molar-refractivity contribution in [1.82, 2.24) is 0 Å². The standard InChI is InChI=1S/C63H65BN2S/c1-37-19-17-18-22-49(37)66-53-31-40(39-20-15-14-16-21-39)30-52-57(53)64(47-24-26-55-56(58(47)66)42-32-41(59(3,4)5)23-25-54(42)67-55)48-33-44-46(63(12,13)36-62(44,10)11)35-51(48)65(52)50-34-45-43(29-38(50)2)60(6,7)27-28-61(45,8)9/h14-26,29-35H,27-28,36H2,1-13H3. The van der Waals surface area contributed by atoms with E-state index in [9.17, 15) is 0 Å². The van der Waals surface area contributed by atoms with E-state index >= 15 is 0 Å². The van der Waals surface area contributed by atoms with Crippen molar-refractivity contribution in [2.24, 2.45) is 0 Å². The van der Waals surface area contributed by atoms with Crippen LogP contribution in [0.1, 0.15) is 134 Å². The highest BCUT2D eigenvalue weighted by Crippen LogP contribution is 2.56. The molecule has 0 saturated carbocycles. The molecule has 0 N–H and O–H groups in total. The number of anilines is 6. The van der Waals surface area contributed by atoms with Gasteiger partial charge >= 0.3 is 0 Å². The van der Waals surface area contributed by atoms with E-state index in [0.717, 1.165) is 6.42 Å². The van der Waals surface area contributed by atoms with E-state index in [-0.39, 0.29) is 33.8 Å². The average Bonchev–Trinajstić information content (AvgIpc) is 3.74. The van der Waals surface area contributed by atoms with Crippen molar-refractivity contribution >= 4 is 88.7 Å². The normalized spacial score (nSPS) is 18.1. The van der Waals surface area contributed by atoms with Gasteiger partial charge in [0.1, 0.15) is 0 Å². The maximum Gasteiger partial charge on any atom is 0.252 e. The van der Waals surface area contributed by atoms with Crippen molar-refractivity contribution in [2.45, 2.75) is 136 Å². The third kappa shape index (κ3) is 6.20. The Morgan fingerprint density at radius 2 is 1.09 bits per heavy atom. The third-order valence-corrected chi connectivity index (χ3v) is 18.0. The van der Waals surface area contributed by atoms with Crippen molar-refractivity contribution in [1.29, 1.82) is 0 Å². The highest BCUT2D eigenvalue weighted by Gasteiger charge is 2.49. The van der Waals surface area contributed by atoms with Crippen molar-refractivity contribution in [3.8, 4) is 11.1 Å². The van der Waals surface area contributed by atoms with E-state index in [0.29, 0.717) is 0 Å². The molecule has 0 fully saturated rings. The Balaban J connectivity index is 1.27. The topological polar surface area (TPSA) is 6.48 Å². The molecule has 12 rings (SSSR count). The number of benzene rings is 7. The van der Waals surface area contributed by atoms with Crippen LogP contribution in [0.3, 0.4) is 0 Å². The quantitative estimate of drug-likeness (QED) is 0.163. The number of rotatable bonds is 3. The zero-order valence-electron chi connectivity index (χ0n) is 42.0. The van der Waals surface area contributed by atoms with Crippen LogP contribution >= 0.6 is 11.3 Å². The minimum Gasteiger partial charge on any atom is -0.311 e. The maximum absolute atomic E-state index is 2.74. The molecular formula is C63H65BN2S. The number of thiophene rings is 1. The largest absolute Gasteiger partial charge is 0.311 e. The highest BCUT2D eigenvalue weighted by atomic mass is 32.1. The summed E-state index contributed by atoms with van der Waals surface area (Å²) in [7, 11) is 0. The van der Waals surface area contributed by atoms with E-state index in [1.165, 1.54) is 134 Å². The minimum atomic E-state index is 0.0135. The number of para-hydroxylation sites is 1. The first-order valence-electron chi connectivity index (χ1n) is 24.9. The number of hydrogen-bond donors (Lipinski definition) is 0. The molecule has 0 amide bonds. The molecule has 2 aliphatic carbocycles. The second-order valence-corrected chi connectivity index (χ2v) is 25.6. The Labute approximate surface area is 404 Å². The Morgan fingerprint density at radius 1 is 0.493 bits per heavy atom. The van der Waals surface area contributed by atoms with Gasteiger partial charge in [-0.05, 0) is 175 Å². The van der Waals surface area contributed by atoms with Gasteiger partial charge in [0.05, 0.1) is 5.69 Å². The third-order valence-electron chi connectivity index (χ3n) is 16.9. The van der Waals surface area contributed by atoms with Crippen LogP contribution in [0, 0.1) is 13.8 Å². The summed E-state index contributed by atoms with van der Waals surface area (Å²) in [6.07, 6.45) is 3.49. The maximum atomic E-state index is 2.74. The van der Waals surface area contributed by atoms with Gasteiger partial charge in [0.2, 0.25) is 0 Å². The van der Waals surface area contributed by atoms with Crippen LogP contribution in [-0.4, -0.2) is 6.71 Å². The zero-order chi connectivity index (χ0) is 46.9. The zero-order valence-corrected chi connectivity index (χ0v) is 42.9. The second-order valence-electron chi connectivity index (χ2n) is 24.5. The molecule has 3 heterocycles. The van der Waals surface area contributed by atoms with Gasteiger partial charge < -0.3 is 9.80 Å². The van der Waals surface area contributed by atoms with E-state index in [1.54, 1.807) is 0 Å². The van der Waals surface area contributed by atoms with Gasteiger partial charge in [-0.25, -0.2) is 0 Å². The van der Waals surface area contributed by atoms with E-state index in [4.69, 9.17) is 0 Å². The van der Waals surface area contributed by atoms with E-state index < -0.39 is 0 Å². The first-order valence-corrected chi connectivity index (χ1v) is 25.7. The lowest BCUT2D eigenvalue weighted by molar-refractivity contribution is 0.332. The van der Waals surface area contributed by atoms with Gasteiger partial charge in [-0.3, -0.25) is 0 Å². The molecule has 0 radical (unpaired) electrons. The molecule has 0 unspecified atom stereocenters. The molecule has 7 aromatic carbocycles. The summed E-state index contributed by atoms with van der Waals surface area (Å²) in [4.78, 5) is 5.43. The van der Waals surface area contributed by atoms with E-state index in [2.05, 4.69) is 221 Å². The summed E-state index contributed by atoms with van der Waals surface area (Å²) in [5.41, 5.74) is 24.7. The first kappa shape index (κ1) is 42.8. The molecule has 2 aliphatic heterocycles. The fraction of sp³-hybridized carbons (Fsp3) is 0.333. The van der Waals surface area contributed by atoms with Crippen molar-refractivity contribution in [2.75, 3.05) is 9.80 Å². The minimum absolute atomic E-state index is 0.0135. The van der Waals surface area contributed by atoms with Crippen LogP contribution < -0.4 is 26.2 Å². The molecule has 336 valence electrons. The molecule has 4 aliphatic rings. The molecular weight excluding hydrogens is 828 g/mol. The summed E-state index contributed by atoms with van der Waals surface area (Å²) in [6.45, 7) is 31.5. The number of aryl methyl sites for hydroxylation is 2. The summed E-state index contributed by atoms with van der Waals surface area (Å²) < 4.78 is 2.68. The Bertz CT molecular complexity index is 3410. The van der Waals surface area contributed by atoms with E-state index in [1.807, 2.05) is 11.3 Å². The van der Waals surface area contributed by atoms with Crippen LogP contribution in [-0.2, 0) is 27.1 Å². The molecule has 0 bridgehead atoms. The lowest BCUT2D eigenvalue weighted by Gasteiger charge is -2.47. The monoisotopic (exact) mass is 892 g/mol. The van der Waals surface area contributed by atoms with Crippen molar-refractivity contribution in [3.63, 3.8) is 0 Å². The molecule has 8 aromatic rings. The van der Waals surface area contributed by atoms with Crippen LogP contribution in [0.5, 0.6) is 0 Å². The SMILES string of the molecule is Cc1cc2c(cc1N1c3cc4c(cc3B3c5ccc6sc7ccc(C(C)(C)C)cc7c6c5N(c5ccccc5C)c5cc(-c6ccccc6)cc1c53)C(C)(C)CC4(C)C)C(C)(C)CCC2(C)C.